The molecule has 0 aliphatic rings. The molecule has 0 spiro atoms. The van der Waals surface area contributed by atoms with Crippen molar-refractivity contribution in [1.82, 2.24) is 5.32 Å². The predicted molar refractivity (Wildman–Crippen MR) is 87.2 cm³/mol. The molecular weight excluding hydrogens is 456 g/mol. The zero-order chi connectivity index (χ0) is 13.6. The molecule has 0 saturated carbocycles. The molecule has 1 N–H and O–H groups in total. The monoisotopic (exact) mass is 465 g/mol. The quantitative estimate of drug-likeness (QED) is 0.323. The van der Waals surface area contributed by atoms with Crippen molar-refractivity contribution in [2.24, 2.45) is 0 Å². The maximum Gasteiger partial charge on any atom is 0.411 e. The van der Waals surface area contributed by atoms with Crippen LogP contribution in [0.3, 0.4) is 0 Å². The molecule has 2 unspecified atom stereocenters. The van der Waals surface area contributed by atoms with Gasteiger partial charge in [-0.3, -0.25) is 5.32 Å². The van der Waals surface area contributed by atoms with Crippen molar-refractivity contribution in [3.8, 4) is 24.7 Å². The van der Waals surface area contributed by atoms with Gasteiger partial charge in [0.1, 0.15) is 0 Å². The van der Waals surface area contributed by atoms with E-state index in [0.717, 1.165) is 5.56 Å². The van der Waals surface area contributed by atoms with Gasteiger partial charge in [-0.1, -0.05) is 42.2 Å². The van der Waals surface area contributed by atoms with E-state index in [1.165, 1.54) is 0 Å². The number of alkyl carbamates (subject to hydrolysis) is 1. The van der Waals surface area contributed by atoms with Crippen LogP contribution in [0, 0.1) is 24.7 Å². The molecule has 0 heterocycles. The molecule has 0 aromatic heterocycles. The second-order valence-corrected chi connectivity index (χ2v) is 5.93. The number of carbonyl (C=O) groups excluding carboxylic acids is 1. The molecule has 0 radical (unpaired) electrons. The van der Waals surface area contributed by atoms with Gasteiger partial charge in [-0.25, -0.2) is 4.79 Å². The zero-order valence-corrected chi connectivity index (χ0v) is 13.5. The number of alkyl halides is 2. The molecule has 5 heteroatoms. The van der Waals surface area contributed by atoms with Gasteiger partial charge in [0.25, 0.3) is 0 Å². The number of amides is 1. The Balaban J connectivity index is 2.83. The van der Waals surface area contributed by atoms with Crippen LogP contribution >= 0.6 is 45.2 Å². The van der Waals surface area contributed by atoms with Crippen LogP contribution in [0.25, 0.3) is 0 Å². The van der Waals surface area contributed by atoms with Crippen molar-refractivity contribution < 1.29 is 9.53 Å². The predicted octanol–water partition coefficient (Wildman–Crippen LogP) is 3.03. The summed E-state index contributed by atoms with van der Waals surface area (Å²) in [5, 5.41) is 2.61. The van der Waals surface area contributed by atoms with Crippen LogP contribution in [0.15, 0.2) is 30.3 Å². The number of benzene rings is 1. The third-order valence-corrected chi connectivity index (χ3v) is 3.80. The average molecular weight is 465 g/mol. The maximum absolute atomic E-state index is 11.6. The Morgan fingerprint density at radius 1 is 1.39 bits per heavy atom. The Kier molecular flexibility index (Phi) is 5.76. The van der Waals surface area contributed by atoms with Crippen LogP contribution in [0.1, 0.15) is 5.56 Å². The van der Waals surface area contributed by atoms with Crippen molar-refractivity contribution >= 4 is 51.3 Å². The van der Waals surface area contributed by atoms with Crippen LogP contribution in [0.4, 0.5) is 4.79 Å². The van der Waals surface area contributed by atoms with Gasteiger partial charge in [0, 0.05) is 0 Å². The number of carbonyl (C=O) groups is 1. The fourth-order valence-corrected chi connectivity index (χ4v) is 1.97. The molecule has 92 valence electrons. The number of ether oxygens (including phenoxy) is 1. The van der Waals surface area contributed by atoms with Gasteiger partial charge in [0.2, 0.25) is 4.11 Å². The molecule has 1 rings (SSSR count). The van der Waals surface area contributed by atoms with Crippen molar-refractivity contribution in [2.75, 3.05) is 0 Å². The number of hydrogen-bond acceptors (Lipinski definition) is 2. The summed E-state index contributed by atoms with van der Waals surface area (Å²) < 4.78 is 3.33. The lowest BCUT2D eigenvalue weighted by atomic mass is 10.1. The Bertz CT molecular complexity index is 504. The summed E-state index contributed by atoms with van der Waals surface area (Å²) in [6.07, 6.45) is 9.95. The van der Waals surface area contributed by atoms with E-state index in [1.54, 1.807) is 0 Å². The summed E-state index contributed by atoms with van der Waals surface area (Å²) >= 11 is 3.80. The number of nitrogens with one attached hydrogen (secondary N) is 1. The van der Waals surface area contributed by atoms with E-state index in [-0.39, 0.29) is 0 Å². The first-order valence-corrected chi connectivity index (χ1v) is 7.15. The normalized spacial score (nSPS) is 14.4. The number of rotatable bonds is 3. The summed E-state index contributed by atoms with van der Waals surface area (Å²) in [6, 6.07) is 9.21. The summed E-state index contributed by atoms with van der Waals surface area (Å²) in [4.78, 5) is 11.6. The Hall–Kier alpha value is -0.930. The first kappa shape index (κ1) is 15.1. The third-order valence-electron chi connectivity index (χ3n) is 1.99. The SMILES string of the molecule is C#CC(I)OC(=O)NC(I)(C#C)c1ccccc1. The summed E-state index contributed by atoms with van der Waals surface area (Å²) in [5.41, 5.74) is 0.788. The van der Waals surface area contributed by atoms with E-state index in [2.05, 4.69) is 17.2 Å². The van der Waals surface area contributed by atoms with Crippen LogP contribution in [0.2, 0.25) is 0 Å². The van der Waals surface area contributed by atoms with Gasteiger partial charge in [-0.15, -0.1) is 12.8 Å². The van der Waals surface area contributed by atoms with Crippen LogP contribution in [-0.2, 0) is 8.28 Å². The highest BCUT2D eigenvalue weighted by molar-refractivity contribution is 14.1. The Morgan fingerprint density at radius 3 is 2.50 bits per heavy atom. The first-order valence-electron chi connectivity index (χ1n) is 4.83. The van der Waals surface area contributed by atoms with Gasteiger partial charge in [0.15, 0.2) is 3.55 Å². The van der Waals surface area contributed by atoms with Gasteiger partial charge in [-0.2, -0.15) is 0 Å². The number of halogens is 2. The molecule has 2 atom stereocenters. The minimum Gasteiger partial charge on any atom is -0.423 e. The molecule has 1 aromatic rings. The molecule has 0 aliphatic carbocycles. The van der Waals surface area contributed by atoms with Crippen molar-refractivity contribution in [1.29, 1.82) is 0 Å². The highest BCUT2D eigenvalue weighted by Gasteiger charge is 2.29. The second-order valence-electron chi connectivity index (χ2n) is 3.18. The highest BCUT2D eigenvalue weighted by atomic mass is 127. The van der Waals surface area contributed by atoms with E-state index >= 15 is 0 Å². The van der Waals surface area contributed by atoms with E-state index in [0.29, 0.717) is 0 Å². The topological polar surface area (TPSA) is 38.3 Å². The lowest BCUT2D eigenvalue weighted by Gasteiger charge is -2.23. The lowest BCUT2D eigenvalue weighted by Crippen LogP contribution is -2.40. The molecular formula is C13H9I2NO2. The number of hydrogen-bond donors (Lipinski definition) is 1. The van der Waals surface area contributed by atoms with Gasteiger partial charge < -0.3 is 4.74 Å². The lowest BCUT2D eigenvalue weighted by molar-refractivity contribution is 0.152. The van der Waals surface area contributed by atoms with Crippen LogP contribution < -0.4 is 5.32 Å². The van der Waals surface area contributed by atoms with E-state index < -0.39 is 13.7 Å². The molecule has 0 aliphatic heterocycles. The Morgan fingerprint density at radius 2 is 2.00 bits per heavy atom. The molecule has 1 aromatic carbocycles. The molecule has 0 saturated heterocycles. The van der Waals surface area contributed by atoms with E-state index in [4.69, 9.17) is 17.6 Å². The number of terminal acetylenes is 2. The fraction of sp³-hybridized carbons (Fsp3) is 0.154. The molecule has 3 nitrogen and oxygen atoms in total. The maximum atomic E-state index is 11.6. The molecule has 0 bridgehead atoms. The summed E-state index contributed by atoms with van der Waals surface area (Å²) in [5.74, 6) is 4.83. The van der Waals surface area contributed by atoms with Crippen molar-refractivity contribution in [3.05, 3.63) is 35.9 Å². The fourth-order valence-electron chi connectivity index (χ4n) is 1.16. The minimum absolute atomic E-state index is 0.628. The van der Waals surface area contributed by atoms with Gasteiger partial charge >= 0.3 is 6.09 Å². The van der Waals surface area contributed by atoms with E-state index in [1.807, 2.05) is 75.5 Å². The first-order chi connectivity index (χ1) is 8.51. The highest BCUT2D eigenvalue weighted by Crippen LogP contribution is 2.28. The zero-order valence-electron chi connectivity index (χ0n) is 9.19. The molecule has 18 heavy (non-hydrogen) atoms. The van der Waals surface area contributed by atoms with Gasteiger partial charge in [0.05, 0.1) is 0 Å². The molecule has 0 fully saturated rings. The van der Waals surface area contributed by atoms with Gasteiger partial charge in [-0.05, 0) is 50.7 Å². The standard InChI is InChI=1S/C13H9I2NO2/c1-3-11(14)18-12(17)16-13(15,4-2)10-8-6-5-7-9-10/h1-2,5-9,11H,(H,16,17). The van der Waals surface area contributed by atoms with Crippen LogP contribution in [-0.4, -0.2) is 10.2 Å². The second kappa shape index (κ2) is 6.86. The molecule has 1 amide bonds. The summed E-state index contributed by atoms with van der Waals surface area (Å²) in [7, 11) is 0. The summed E-state index contributed by atoms with van der Waals surface area (Å²) in [6.45, 7) is 0. The largest absolute Gasteiger partial charge is 0.423 e. The third kappa shape index (κ3) is 4.07. The smallest absolute Gasteiger partial charge is 0.411 e. The average Bonchev–Trinajstić information content (AvgIpc) is 2.39. The minimum atomic E-state index is -0.957. The van der Waals surface area contributed by atoms with Crippen molar-refractivity contribution in [3.63, 3.8) is 0 Å². The van der Waals surface area contributed by atoms with E-state index in [9.17, 15) is 4.79 Å². The van der Waals surface area contributed by atoms with Crippen LogP contribution in [0.5, 0.6) is 0 Å². The Labute approximate surface area is 133 Å². The van der Waals surface area contributed by atoms with Crippen molar-refractivity contribution in [2.45, 2.75) is 7.66 Å².